The standard InChI is InChI=1S/C70H106N2O2S6/c1-9-17-23-27-29-33-39-53(37-31-25-19-11-3)49-73-63-57-42-44-76-67(57)64(74-50-54(38-32-26-20-12-4)40-34-30-28-24-18-10-2)58-48-60(78-68(58)63)59-47-56(46-52(16-8)36-22-14-6)66(77-59)70-62-61(71-80-72-62)69(79-70)65-55(41-43-75-65)45-51(15-7)35-21-13-5/h41-44,47-48,51-54H,9-40,45-46,49-50H2,1-8H3. The summed E-state index contributed by atoms with van der Waals surface area (Å²) in [4.78, 5) is 8.16. The molecule has 4 atom stereocenters. The van der Waals surface area contributed by atoms with Crippen LogP contribution in [0.15, 0.2) is 43.8 Å². The average molecular weight is 1200 g/mol. The second-order valence-electron chi connectivity index (χ2n) is 24.0. The minimum Gasteiger partial charge on any atom is -0.491 e. The van der Waals surface area contributed by atoms with Crippen molar-refractivity contribution in [3.63, 3.8) is 0 Å². The minimum absolute atomic E-state index is 0.571. The summed E-state index contributed by atoms with van der Waals surface area (Å²) in [5, 5.41) is 7.11. The molecule has 0 aliphatic carbocycles. The van der Waals surface area contributed by atoms with Crippen molar-refractivity contribution in [2.45, 2.75) is 274 Å². The van der Waals surface area contributed by atoms with Gasteiger partial charge in [-0.2, -0.15) is 8.73 Å². The highest BCUT2D eigenvalue weighted by molar-refractivity contribution is 7.58. The summed E-state index contributed by atoms with van der Waals surface area (Å²) in [6, 6.07) is 9.88. The lowest BCUT2D eigenvalue weighted by atomic mass is 9.91. The van der Waals surface area contributed by atoms with Crippen LogP contribution in [0.3, 0.4) is 0 Å². The summed E-state index contributed by atoms with van der Waals surface area (Å²) >= 11 is 11.1. The van der Waals surface area contributed by atoms with Crippen molar-refractivity contribution in [1.82, 2.24) is 0 Å². The molecular weight excluding hydrogens is 1090 g/mol. The molecular formula is C70H106N2O2S6. The molecule has 10 heteroatoms. The van der Waals surface area contributed by atoms with E-state index in [2.05, 4.69) is 90.4 Å². The van der Waals surface area contributed by atoms with Crippen LogP contribution in [0.4, 0.5) is 11.4 Å². The first-order chi connectivity index (χ1) is 39.4. The van der Waals surface area contributed by atoms with Crippen LogP contribution >= 0.6 is 56.7 Å². The first kappa shape index (κ1) is 65.2. The molecule has 4 unspecified atom stereocenters. The van der Waals surface area contributed by atoms with Crippen LogP contribution in [-0.2, 0) is 24.2 Å². The van der Waals surface area contributed by atoms with E-state index < -0.39 is 0 Å². The third-order valence-corrected chi connectivity index (χ3v) is 23.9. The van der Waals surface area contributed by atoms with E-state index in [0.717, 1.165) is 48.9 Å². The molecule has 1 aliphatic heterocycles. The molecule has 6 aromatic rings. The molecule has 6 heterocycles. The lowest BCUT2D eigenvalue weighted by Crippen LogP contribution is -2.14. The van der Waals surface area contributed by atoms with E-state index in [9.17, 15) is 0 Å². The van der Waals surface area contributed by atoms with Gasteiger partial charge in [0.2, 0.25) is 0 Å². The third kappa shape index (κ3) is 18.8. The van der Waals surface area contributed by atoms with Crippen LogP contribution in [0.5, 0.6) is 11.5 Å². The third-order valence-electron chi connectivity index (χ3n) is 17.5. The highest BCUT2D eigenvalue weighted by Gasteiger charge is 2.30. The van der Waals surface area contributed by atoms with E-state index >= 15 is 0 Å². The molecule has 5 aromatic heterocycles. The van der Waals surface area contributed by atoms with Gasteiger partial charge in [-0.1, -0.05) is 235 Å². The quantitative estimate of drug-likeness (QED) is 0.0357. The van der Waals surface area contributed by atoms with E-state index in [0.29, 0.717) is 23.7 Å². The lowest BCUT2D eigenvalue weighted by molar-refractivity contribution is 0.226. The molecule has 4 nitrogen and oxygen atoms in total. The van der Waals surface area contributed by atoms with Gasteiger partial charge in [0.15, 0.2) is 0 Å². The molecule has 80 heavy (non-hydrogen) atoms. The molecule has 0 radical (unpaired) electrons. The molecule has 0 saturated carbocycles. The minimum atomic E-state index is 0.571. The molecule has 0 bridgehead atoms. The maximum Gasteiger partial charge on any atom is 0.146 e. The fourth-order valence-electron chi connectivity index (χ4n) is 12.3. The molecule has 0 fully saturated rings. The Morgan fingerprint density at radius 2 is 0.838 bits per heavy atom. The summed E-state index contributed by atoms with van der Waals surface area (Å²) in [7, 11) is 0. The number of nitrogens with zero attached hydrogens (tertiary/aromatic N) is 2. The van der Waals surface area contributed by atoms with E-state index in [-0.39, 0.29) is 0 Å². The van der Waals surface area contributed by atoms with Crippen LogP contribution in [0.1, 0.15) is 272 Å². The van der Waals surface area contributed by atoms with Gasteiger partial charge in [0.1, 0.15) is 22.9 Å². The van der Waals surface area contributed by atoms with Gasteiger partial charge in [0.05, 0.1) is 48.6 Å². The van der Waals surface area contributed by atoms with Gasteiger partial charge in [0.25, 0.3) is 0 Å². The van der Waals surface area contributed by atoms with E-state index in [1.165, 1.54) is 277 Å². The molecule has 0 amide bonds. The molecule has 1 aliphatic rings. The van der Waals surface area contributed by atoms with Crippen LogP contribution in [0, 0.1) is 23.7 Å². The second-order valence-corrected chi connectivity index (χ2v) is 29.5. The predicted molar refractivity (Wildman–Crippen MR) is 364 cm³/mol. The number of hydrogen-bond donors (Lipinski definition) is 0. The number of unbranched alkanes of at least 4 members (excludes halogenated alkanes) is 18. The zero-order chi connectivity index (χ0) is 56.3. The van der Waals surface area contributed by atoms with E-state index in [4.69, 9.17) is 18.2 Å². The Hall–Kier alpha value is -2.34. The van der Waals surface area contributed by atoms with Crippen molar-refractivity contribution in [1.29, 1.82) is 0 Å². The zero-order valence-electron chi connectivity index (χ0n) is 51.4. The molecule has 1 aromatic carbocycles. The molecule has 444 valence electrons. The van der Waals surface area contributed by atoms with Gasteiger partial charge in [-0.25, -0.2) is 0 Å². The molecule has 7 rings (SSSR count). The van der Waals surface area contributed by atoms with Crippen LogP contribution in [-0.4, -0.2) is 13.2 Å². The fraction of sp³-hybridized carbons (Fsp3) is 0.686. The Morgan fingerprint density at radius 1 is 0.388 bits per heavy atom. The maximum atomic E-state index is 7.40. The summed E-state index contributed by atoms with van der Waals surface area (Å²) in [5.41, 5.74) is 5.18. The predicted octanol–water partition coefficient (Wildman–Crippen LogP) is 27.0. The number of hydrogen-bond acceptors (Lipinski definition) is 9. The second kappa shape index (κ2) is 36.5. The Balaban J connectivity index is 1.30. The Bertz CT molecular complexity index is 2660. The first-order valence-electron chi connectivity index (χ1n) is 33.1. The van der Waals surface area contributed by atoms with Crippen LogP contribution < -0.4 is 9.47 Å². The van der Waals surface area contributed by atoms with Gasteiger partial charge in [-0.05, 0) is 108 Å². The number of benzene rings is 1. The van der Waals surface area contributed by atoms with E-state index in [1.807, 2.05) is 56.7 Å². The Morgan fingerprint density at radius 3 is 1.38 bits per heavy atom. The van der Waals surface area contributed by atoms with Crippen molar-refractivity contribution >= 4 is 99.6 Å². The number of ether oxygens (including phenoxy) is 2. The number of rotatable bonds is 45. The summed E-state index contributed by atoms with van der Waals surface area (Å²) in [6.07, 6.45) is 44.0. The topological polar surface area (TPSA) is 43.2 Å². The van der Waals surface area contributed by atoms with Gasteiger partial charge in [0, 0.05) is 25.4 Å². The largest absolute Gasteiger partial charge is 0.491 e. The average Bonchev–Trinajstić information content (AvgIpc) is 4.47. The molecule has 0 saturated heterocycles. The van der Waals surface area contributed by atoms with Crippen molar-refractivity contribution < 1.29 is 9.47 Å². The van der Waals surface area contributed by atoms with Gasteiger partial charge in [-0.15, -0.1) is 56.7 Å². The fourth-order valence-corrected chi connectivity index (χ4v) is 18.8. The molecule has 0 N–H and O–H groups in total. The van der Waals surface area contributed by atoms with Crippen LogP contribution in [0.2, 0.25) is 0 Å². The van der Waals surface area contributed by atoms with E-state index in [1.54, 1.807) is 0 Å². The number of fused-ring (bicyclic) bond motifs is 3. The monoisotopic (exact) mass is 1200 g/mol. The highest BCUT2D eigenvalue weighted by atomic mass is 32.1. The Kier molecular flexibility index (Phi) is 29.7. The smallest absolute Gasteiger partial charge is 0.146 e. The Labute approximate surface area is 511 Å². The number of thiophene rings is 5. The van der Waals surface area contributed by atoms with Gasteiger partial charge >= 0.3 is 0 Å². The van der Waals surface area contributed by atoms with Crippen molar-refractivity contribution in [2.75, 3.05) is 13.2 Å². The summed E-state index contributed by atoms with van der Waals surface area (Å²) in [6.45, 7) is 20.4. The lowest BCUT2D eigenvalue weighted by Gasteiger charge is -2.21. The highest BCUT2D eigenvalue weighted by Crippen LogP contribution is 2.59. The summed E-state index contributed by atoms with van der Waals surface area (Å²) < 4.78 is 27.6. The van der Waals surface area contributed by atoms with Crippen molar-refractivity contribution in [3.05, 3.63) is 46.2 Å². The van der Waals surface area contributed by atoms with Gasteiger partial charge in [-0.3, -0.25) is 0 Å². The normalized spacial score (nSPS) is 13.9. The van der Waals surface area contributed by atoms with Crippen molar-refractivity contribution in [3.8, 4) is 40.8 Å². The maximum absolute atomic E-state index is 7.40. The first-order valence-corrected chi connectivity index (χ1v) is 38.0. The van der Waals surface area contributed by atoms with Crippen LogP contribution in [0.25, 0.3) is 49.4 Å². The van der Waals surface area contributed by atoms with Gasteiger partial charge < -0.3 is 9.47 Å². The molecule has 0 spiro atoms. The zero-order valence-corrected chi connectivity index (χ0v) is 56.3. The SMILES string of the molecule is CCCCCCCCC(CCCCCC)COc1c2cc(-c3cc(CC(CC)CCCC)c(-c4sc(-c5sccc5CC(CC)CCCC)c5c4N=S=N5)s3)sc2c(OCC(CCCCCC)CCCCCCCC)c2ccsc12. The summed E-state index contributed by atoms with van der Waals surface area (Å²) in [5.74, 6) is 4.69. The van der Waals surface area contributed by atoms with Crippen molar-refractivity contribution in [2.24, 2.45) is 32.4 Å².